The number of carboxylic acid groups (broad SMARTS) is 1. The maximum absolute atomic E-state index is 11.8. The van der Waals surface area contributed by atoms with Crippen molar-refractivity contribution < 1.29 is 18.3 Å². The third-order valence-electron chi connectivity index (χ3n) is 2.36. The van der Waals surface area contributed by atoms with Gasteiger partial charge in [0.1, 0.15) is 0 Å². The number of aromatic carboxylic acids is 1. The van der Waals surface area contributed by atoms with Gasteiger partial charge in [0, 0.05) is 7.05 Å². The van der Waals surface area contributed by atoms with E-state index in [4.69, 9.17) is 5.11 Å². The summed E-state index contributed by atoms with van der Waals surface area (Å²) in [7, 11) is -1.85. The minimum atomic E-state index is -3.31. The zero-order valence-electron chi connectivity index (χ0n) is 9.75. The number of nitrogens with zero attached hydrogens (tertiary/aromatic N) is 1. The van der Waals surface area contributed by atoms with Gasteiger partial charge in [-0.1, -0.05) is 6.92 Å². The van der Waals surface area contributed by atoms with Gasteiger partial charge in [-0.05, 0) is 30.7 Å². The molecule has 0 atom stereocenters. The second kappa shape index (κ2) is 5.18. The van der Waals surface area contributed by atoms with E-state index in [-0.39, 0.29) is 11.3 Å². The lowest BCUT2D eigenvalue weighted by atomic mass is 10.2. The molecule has 5 nitrogen and oxygen atoms in total. The summed E-state index contributed by atoms with van der Waals surface area (Å²) in [5.41, 5.74) is 0.596. The van der Waals surface area contributed by atoms with E-state index < -0.39 is 16.0 Å². The van der Waals surface area contributed by atoms with Gasteiger partial charge in [0.25, 0.3) is 0 Å². The first-order valence-corrected chi connectivity index (χ1v) is 6.79. The van der Waals surface area contributed by atoms with E-state index in [2.05, 4.69) is 0 Å². The maximum Gasteiger partial charge on any atom is 0.335 e. The first kappa shape index (κ1) is 13.5. The van der Waals surface area contributed by atoms with Crippen LogP contribution in [-0.4, -0.2) is 32.3 Å². The molecule has 6 heteroatoms. The molecule has 0 fully saturated rings. The minimum Gasteiger partial charge on any atom is -0.478 e. The van der Waals surface area contributed by atoms with E-state index in [0.29, 0.717) is 12.1 Å². The van der Waals surface area contributed by atoms with Gasteiger partial charge in [-0.3, -0.25) is 4.31 Å². The largest absolute Gasteiger partial charge is 0.478 e. The Hall–Kier alpha value is -1.56. The Kier molecular flexibility index (Phi) is 4.11. The lowest BCUT2D eigenvalue weighted by Crippen LogP contribution is -2.28. The summed E-state index contributed by atoms with van der Waals surface area (Å²) in [6.07, 6.45) is 0.542. The molecule has 0 bridgehead atoms. The van der Waals surface area contributed by atoms with Crippen LogP contribution in [0.4, 0.5) is 5.69 Å². The fraction of sp³-hybridized carbons (Fsp3) is 0.364. The highest BCUT2D eigenvalue weighted by molar-refractivity contribution is 7.92. The van der Waals surface area contributed by atoms with Gasteiger partial charge in [-0.15, -0.1) is 0 Å². The lowest BCUT2D eigenvalue weighted by molar-refractivity contribution is 0.0697. The van der Waals surface area contributed by atoms with E-state index in [0.717, 1.165) is 0 Å². The van der Waals surface area contributed by atoms with Gasteiger partial charge in [0.15, 0.2) is 0 Å². The van der Waals surface area contributed by atoms with Crippen molar-refractivity contribution in [3.8, 4) is 0 Å². The molecule has 1 N–H and O–H groups in total. The summed E-state index contributed by atoms with van der Waals surface area (Å²) in [4.78, 5) is 10.6. The first-order valence-electron chi connectivity index (χ1n) is 5.18. The second-order valence-corrected chi connectivity index (χ2v) is 5.76. The Morgan fingerprint density at radius 3 is 2.24 bits per heavy atom. The average molecular weight is 257 g/mol. The highest BCUT2D eigenvalue weighted by Gasteiger charge is 2.17. The van der Waals surface area contributed by atoms with Crippen molar-refractivity contribution in [3.63, 3.8) is 0 Å². The van der Waals surface area contributed by atoms with Crippen molar-refractivity contribution in [1.29, 1.82) is 0 Å². The number of benzene rings is 1. The monoisotopic (exact) mass is 257 g/mol. The van der Waals surface area contributed by atoms with Gasteiger partial charge in [0.05, 0.1) is 17.0 Å². The predicted octanol–water partition coefficient (Wildman–Crippen LogP) is 1.56. The molecule has 0 unspecified atom stereocenters. The zero-order valence-corrected chi connectivity index (χ0v) is 10.6. The van der Waals surface area contributed by atoms with Gasteiger partial charge in [-0.25, -0.2) is 13.2 Å². The number of carbonyl (C=O) groups is 1. The van der Waals surface area contributed by atoms with Gasteiger partial charge in [-0.2, -0.15) is 0 Å². The molecule has 1 aromatic rings. The van der Waals surface area contributed by atoms with Crippen molar-refractivity contribution in [2.75, 3.05) is 17.1 Å². The summed E-state index contributed by atoms with van der Waals surface area (Å²) in [6, 6.07) is 5.73. The van der Waals surface area contributed by atoms with Crippen molar-refractivity contribution in [2.45, 2.75) is 13.3 Å². The lowest BCUT2D eigenvalue weighted by Gasteiger charge is -2.19. The Labute approximate surface area is 101 Å². The SMILES string of the molecule is CCCS(=O)(=O)N(C)c1ccc(C(=O)O)cc1. The molecular weight excluding hydrogens is 242 g/mol. The van der Waals surface area contributed by atoms with Gasteiger partial charge >= 0.3 is 5.97 Å². The van der Waals surface area contributed by atoms with Crippen LogP contribution in [-0.2, 0) is 10.0 Å². The van der Waals surface area contributed by atoms with E-state index >= 15 is 0 Å². The van der Waals surface area contributed by atoms with Crippen LogP contribution in [0.25, 0.3) is 0 Å². The Bertz CT molecular complexity index is 493. The molecule has 1 aromatic carbocycles. The molecule has 17 heavy (non-hydrogen) atoms. The molecule has 0 saturated carbocycles. The zero-order chi connectivity index (χ0) is 13.1. The molecular formula is C11H15NO4S. The standard InChI is InChI=1S/C11H15NO4S/c1-3-8-17(15,16)12(2)10-6-4-9(5-7-10)11(13)14/h4-7H,3,8H2,1-2H3,(H,13,14). The Balaban J connectivity index is 2.98. The number of anilines is 1. The van der Waals surface area contributed by atoms with Crippen LogP contribution in [0.1, 0.15) is 23.7 Å². The van der Waals surface area contributed by atoms with Crippen molar-refractivity contribution >= 4 is 21.7 Å². The van der Waals surface area contributed by atoms with Crippen LogP contribution in [0, 0.1) is 0 Å². The molecule has 0 saturated heterocycles. The summed E-state index contributed by atoms with van der Waals surface area (Å²) in [5.74, 6) is -0.958. The van der Waals surface area contributed by atoms with Crippen molar-refractivity contribution in [3.05, 3.63) is 29.8 Å². The normalized spacial score (nSPS) is 11.2. The maximum atomic E-state index is 11.8. The number of hydrogen-bond donors (Lipinski definition) is 1. The van der Waals surface area contributed by atoms with E-state index in [9.17, 15) is 13.2 Å². The molecule has 0 aromatic heterocycles. The van der Waals surface area contributed by atoms with Crippen LogP contribution < -0.4 is 4.31 Å². The van der Waals surface area contributed by atoms with Crippen LogP contribution in [0.5, 0.6) is 0 Å². The summed E-state index contributed by atoms with van der Waals surface area (Å²) < 4.78 is 24.7. The van der Waals surface area contributed by atoms with Gasteiger partial charge < -0.3 is 5.11 Å². The highest BCUT2D eigenvalue weighted by atomic mass is 32.2. The third kappa shape index (κ3) is 3.20. The Morgan fingerprint density at radius 1 is 1.29 bits per heavy atom. The topological polar surface area (TPSA) is 74.7 Å². The number of rotatable bonds is 5. The smallest absolute Gasteiger partial charge is 0.335 e. The summed E-state index contributed by atoms with van der Waals surface area (Å²) in [5, 5.41) is 8.73. The fourth-order valence-electron chi connectivity index (χ4n) is 1.37. The molecule has 94 valence electrons. The molecule has 1 rings (SSSR count). The first-order chi connectivity index (χ1) is 7.88. The minimum absolute atomic E-state index is 0.0736. The van der Waals surface area contributed by atoms with Crippen LogP contribution in [0.2, 0.25) is 0 Å². The van der Waals surface area contributed by atoms with E-state index in [1.54, 1.807) is 6.92 Å². The fourth-order valence-corrected chi connectivity index (χ4v) is 2.60. The van der Waals surface area contributed by atoms with E-state index in [1.165, 1.54) is 35.6 Å². The Morgan fingerprint density at radius 2 is 1.82 bits per heavy atom. The molecule has 0 heterocycles. The van der Waals surface area contributed by atoms with Crippen LogP contribution in [0.15, 0.2) is 24.3 Å². The number of sulfonamides is 1. The molecule has 0 aliphatic heterocycles. The van der Waals surface area contributed by atoms with Crippen LogP contribution >= 0.6 is 0 Å². The summed E-state index contributed by atoms with van der Waals surface area (Å²) >= 11 is 0. The average Bonchev–Trinajstić information content (AvgIpc) is 2.28. The summed E-state index contributed by atoms with van der Waals surface area (Å²) in [6.45, 7) is 1.79. The number of hydrogen-bond acceptors (Lipinski definition) is 3. The quantitative estimate of drug-likeness (QED) is 0.868. The predicted molar refractivity (Wildman–Crippen MR) is 65.9 cm³/mol. The van der Waals surface area contributed by atoms with Crippen molar-refractivity contribution in [1.82, 2.24) is 0 Å². The third-order valence-corrected chi connectivity index (χ3v) is 4.33. The number of carboxylic acids is 1. The highest BCUT2D eigenvalue weighted by Crippen LogP contribution is 2.17. The van der Waals surface area contributed by atoms with E-state index in [1.807, 2.05) is 0 Å². The second-order valence-electron chi connectivity index (χ2n) is 3.64. The molecule has 0 aliphatic rings. The molecule has 0 spiro atoms. The molecule has 0 aliphatic carbocycles. The van der Waals surface area contributed by atoms with Gasteiger partial charge in [0.2, 0.25) is 10.0 Å². The molecule has 0 radical (unpaired) electrons. The molecule has 0 amide bonds. The van der Waals surface area contributed by atoms with Crippen LogP contribution in [0.3, 0.4) is 0 Å². The van der Waals surface area contributed by atoms with Crippen molar-refractivity contribution in [2.24, 2.45) is 0 Å².